The van der Waals surface area contributed by atoms with E-state index in [0.717, 1.165) is 20.9 Å². The number of para-hydroxylation sites is 2. The van der Waals surface area contributed by atoms with Crippen LogP contribution < -0.4 is 14.9 Å². The highest BCUT2D eigenvalue weighted by Gasteiger charge is 2.26. The zero-order valence-corrected chi connectivity index (χ0v) is 14.6. The summed E-state index contributed by atoms with van der Waals surface area (Å²) in [5.41, 5.74) is 4.38. The fourth-order valence-electron chi connectivity index (χ4n) is 2.61. The van der Waals surface area contributed by atoms with Gasteiger partial charge in [0.2, 0.25) is 6.10 Å². The Bertz CT molecular complexity index is 967. The van der Waals surface area contributed by atoms with Crippen LogP contribution in [0.2, 0.25) is 0 Å². The maximum Gasteiger partial charge on any atom is 0.284 e. The molecule has 1 atom stereocenters. The summed E-state index contributed by atoms with van der Waals surface area (Å²) in [6, 6.07) is 13.2. The van der Waals surface area contributed by atoms with Gasteiger partial charge in [-0.3, -0.25) is 4.79 Å². The average molecular weight is 400 g/mol. The van der Waals surface area contributed by atoms with E-state index in [9.17, 15) is 4.79 Å². The smallest absolute Gasteiger partial charge is 0.284 e. The molecule has 25 heavy (non-hydrogen) atoms. The molecule has 0 aliphatic carbocycles. The largest absolute Gasteiger partial charge is 0.485 e. The van der Waals surface area contributed by atoms with Gasteiger partial charge in [0.15, 0.2) is 11.5 Å². The molecule has 1 amide bonds. The van der Waals surface area contributed by atoms with Crippen LogP contribution >= 0.6 is 15.9 Å². The molecule has 126 valence electrons. The van der Waals surface area contributed by atoms with Crippen LogP contribution in [0.15, 0.2) is 58.2 Å². The lowest BCUT2D eigenvalue weighted by Gasteiger charge is -2.24. The number of hydrogen-bond donors (Lipinski definition) is 2. The van der Waals surface area contributed by atoms with E-state index < -0.39 is 6.10 Å². The Kier molecular flexibility index (Phi) is 4.15. The molecule has 1 aromatic heterocycles. The van der Waals surface area contributed by atoms with Crippen LogP contribution in [0.4, 0.5) is 0 Å². The van der Waals surface area contributed by atoms with Gasteiger partial charge in [-0.05, 0) is 30.3 Å². The fraction of sp³-hybridized carbons (Fsp3) is 0.111. The fourth-order valence-corrected chi connectivity index (χ4v) is 2.97. The highest BCUT2D eigenvalue weighted by atomic mass is 79.9. The van der Waals surface area contributed by atoms with Crippen molar-refractivity contribution in [3.63, 3.8) is 0 Å². The number of aromatic amines is 1. The Balaban J connectivity index is 1.43. The van der Waals surface area contributed by atoms with Crippen molar-refractivity contribution in [1.29, 1.82) is 0 Å². The monoisotopic (exact) mass is 399 g/mol. The molecule has 2 aromatic carbocycles. The lowest BCUT2D eigenvalue weighted by Crippen LogP contribution is -2.42. The second-order valence-electron chi connectivity index (χ2n) is 5.53. The number of hydrogen-bond acceptors (Lipinski definition) is 4. The number of carbonyl (C=O) groups excluding carboxylic acids is 1. The molecule has 4 rings (SSSR count). The quantitative estimate of drug-likeness (QED) is 0.524. The molecule has 0 saturated carbocycles. The van der Waals surface area contributed by atoms with E-state index in [0.29, 0.717) is 11.5 Å². The standard InChI is InChI=1S/C18H14BrN3O3/c19-12-5-6-14-13(7-12)11(8-20-14)9-21-22-18(23)17-10-24-15-3-1-2-4-16(15)25-17/h1-9,17,20H,10H2,(H,22,23)/b21-9+/t17-/m1/s1. The molecule has 6 nitrogen and oxygen atoms in total. The van der Waals surface area contributed by atoms with Gasteiger partial charge in [0.05, 0.1) is 6.21 Å². The minimum absolute atomic E-state index is 0.151. The van der Waals surface area contributed by atoms with Gasteiger partial charge in [0, 0.05) is 27.1 Å². The summed E-state index contributed by atoms with van der Waals surface area (Å²) in [6.07, 6.45) is 2.70. The summed E-state index contributed by atoms with van der Waals surface area (Å²) in [5.74, 6) is 0.838. The third kappa shape index (κ3) is 3.23. The number of benzene rings is 2. The Morgan fingerprint density at radius 1 is 1.28 bits per heavy atom. The summed E-state index contributed by atoms with van der Waals surface area (Å²) in [5, 5.41) is 5.04. The first kappa shape index (κ1) is 15.7. The number of rotatable bonds is 3. The van der Waals surface area contributed by atoms with E-state index in [4.69, 9.17) is 9.47 Å². The zero-order valence-electron chi connectivity index (χ0n) is 13.0. The van der Waals surface area contributed by atoms with E-state index in [-0.39, 0.29) is 12.5 Å². The van der Waals surface area contributed by atoms with Crippen molar-refractivity contribution in [3.05, 3.63) is 58.7 Å². The third-order valence-electron chi connectivity index (χ3n) is 3.86. The Morgan fingerprint density at radius 3 is 3.00 bits per heavy atom. The first-order valence-electron chi connectivity index (χ1n) is 7.69. The van der Waals surface area contributed by atoms with Crippen LogP contribution in [0.25, 0.3) is 10.9 Å². The molecule has 1 aliphatic heterocycles. The van der Waals surface area contributed by atoms with Gasteiger partial charge in [-0.15, -0.1) is 0 Å². The summed E-state index contributed by atoms with van der Waals surface area (Å²) in [6.45, 7) is 0.151. The average Bonchev–Trinajstić information content (AvgIpc) is 3.03. The van der Waals surface area contributed by atoms with E-state index >= 15 is 0 Å². The van der Waals surface area contributed by atoms with Crippen molar-refractivity contribution >= 4 is 39.0 Å². The molecule has 7 heteroatoms. The van der Waals surface area contributed by atoms with Crippen LogP contribution in [-0.2, 0) is 4.79 Å². The minimum atomic E-state index is -0.732. The number of nitrogens with one attached hydrogen (secondary N) is 2. The maximum absolute atomic E-state index is 12.2. The number of hydrazone groups is 1. The molecule has 0 fully saturated rings. The number of carbonyl (C=O) groups is 1. The summed E-state index contributed by atoms with van der Waals surface area (Å²) < 4.78 is 12.2. The number of halogens is 1. The molecule has 0 saturated heterocycles. The highest BCUT2D eigenvalue weighted by Crippen LogP contribution is 2.30. The molecule has 1 aliphatic rings. The summed E-state index contributed by atoms with van der Waals surface area (Å²) >= 11 is 3.45. The third-order valence-corrected chi connectivity index (χ3v) is 4.35. The maximum atomic E-state index is 12.2. The molecule has 0 bridgehead atoms. The van der Waals surface area contributed by atoms with Gasteiger partial charge in [-0.2, -0.15) is 5.10 Å². The molecule has 0 unspecified atom stereocenters. The molecular formula is C18H14BrN3O3. The van der Waals surface area contributed by atoms with Crippen molar-refractivity contribution in [2.75, 3.05) is 6.61 Å². The van der Waals surface area contributed by atoms with Crippen LogP contribution in [0.1, 0.15) is 5.56 Å². The lowest BCUT2D eigenvalue weighted by atomic mass is 10.2. The van der Waals surface area contributed by atoms with Gasteiger partial charge in [-0.25, -0.2) is 5.43 Å². The first-order chi connectivity index (χ1) is 12.2. The molecule has 0 spiro atoms. The van der Waals surface area contributed by atoms with Gasteiger partial charge in [0.1, 0.15) is 6.61 Å². The number of fused-ring (bicyclic) bond motifs is 2. The van der Waals surface area contributed by atoms with Gasteiger partial charge in [0.25, 0.3) is 5.91 Å². The Morgan fingerprint density at radius 2 is 2.12 bits per heavy atom. The SMILES string of the molecule is O=C(N/N=C/c1c[nH]c2ccc(Br)cc12)[C@H]1COc2ccccc2O1. The van der Waals surface area contributed by atoms with Crippen molar-refractivity contribution < 1.29 is 14.3 Å². The van der Waals surface area contributed by atoms with E-state index in [1.807, 2.05) is 36.5 Å². The van der Waals surface area contributed by atoms with Crippen molar-refractivity contribution in [2.45, 2.75) is 6.10 Å². The Labute approximate surface area is 152 Å². The number of ether oxygens (including phenoxy) is 2. The number of H-pyrrole nitrogens is 1. The first-order valence-corrected chi connectivity index (χ1v) is 8.48. The highest BCUT2D eigenvalue weighted by molar-refractivity contribution is 9.10. The lowest BCUT2D eigenvalue weighted by molar-refractivity contribution is -0.130. The normalized spacial score (nSPS) is 16.3. The zero-order chi connectivity index (χ0) is 17.2. The molecule has 3 aromatic rings. The predicted octanol–water partition coefficient (Wildman–Crippen LogP) is 3.22. The second kappa shape index (κ2) is 6.60. The second-order valence-corrected chi connectivity index (χ2v) is 6.45. The van der Waals surface area contributed by atoms with Gasteiger partial charge >= 0.3 is 0 Å². The minimum Gasteiger partial charge on any atom is -0.485 e. The van der Waals surface area contributed by atoms with Crippen LogP contribution in [0.5, 0.6) is 11.5 Å². The Hall–Kier alpha value is -2.80. The van der Waals surface area contributed by atoms with E-state index in [2.05, 4.69) is 31.4 Å². The van der Waals surface area contributed by atoms with Crippen molar-refractivity contribution in [3.8, 4) is 11.5 Å². The topological polar surface area (TPSA) is 75.7 Å². The van der Waals surface area contributed by atoms with E-state index in [1.54, 1.807) is 18.3 Å². The van der Waals surface area contributed by atoms with Crippen LogP contribution in [-0.4, -0.2) is 29.8 Å². The summed E-state index contributed by atoms with van der Waals surface area (Å²) in [7, 11) is 0. The molecule has 2 heterocycles. The molecule has 2 N–H and O–H groups in total. The molecular weight excluding hydrogens is 386 g/mol. The molecule has 0 radical (unpaired) electrons. The number of nitrogens with zero attached hydrogens (tertiary/aromatic N) is 1. The predicted molar refractivity (Wildman–Crippen MR) is 98.1 cm³/mol. The van der Waals surface area contributed by atoms with Gasteiger partial charge < -0.3 is 14.5 Å². The van der Waals surface area contributed by atoms with Crippen LogP contribution in [0, 0.1) is 0 Å². The van der Waals surface area contributed by atoms with E-state index in [1.165, 1.54) is 0 Å². The number of amides is 1. The van der Waals surface area contributed by atoms with Gasteiger partial charge in [-0.1, -0.05) is 28.1 Å². The number of aromatic nitrogens is 1. The van der Waals surface area contributed by atoms with Crippen LogP contribution in [0.3, 0.4) is 0 Å². The van der Waals surface area contributed by atoms with Crippen molar-refractivity contribution in [1.82, 2.24) is 10.4 Å². The summed E-state index contributed by atoms with van der Waals surface area (Å²) in [4.78, 5) is 15.4. The van der Waals surface area contributed by atoms with Crippen molar-refractivity contribution in [2.24, 2.45) is 5.10 Å².